The normalized spacial score (nSPS) is 13.2. The number of nitrogens with zero attached hydrogens (tertiary/aromatic N) is 3. The van der Waals surface area contributed by atoms with E-state index in [0.717, 1.165) is 23.8 Å². The molecule has 7 nitrogen and oxygen atoms in total. The third-order valence-corrected chi connectivity index (χ3v) is 4.82. The van der Waals surface area contributed by atoms with Gasteiger partial charge in [-0.25, -0.2) is 19.7 Å². The van der Waals surface area contributed by atoms with E-state index in [1.165, 1.54) is 6.07 Å². The molecule has 0 bridgehead atoms. The quantitative estimate of drug-likeness (QED) is 0.467. The minimum Gasteiger partial charge on any atom is -0.477 e. The van der Waals surface area contributed by atoms with E-state index in [4.69, 9.17) is 0 Å². The number of carboxylic acids is 1. The van der Waals surface area contributed by atoms with Crippen molar-refractivity contribution in [3.8, 4) is 0 Å². The maximum atomic E-state index is 11.3. The Hall–Kier alpha value is -3.92. The number of nitrogens with one attached hydrogen (secondary N) is 2. The van der Waals surface area contributed by atoms with Gasteiger partial charge < -0.3 is 15.7 Å². The lowest BCUT2D eigenvalue weighted by Gasteiger charge is -2.11. The number of carboxylic acid groups (broad SMARTS) is 1. The summed E-state index contributed by atoms with van der Waals surface area (Å²) in [6.07, 6.45) is 3.89. The minimum absolute atomic E-state index is 0.0313. The summed E-state index contributed by atoms with van der Waals surface area (Å²) in [5.74, 6) is 0.0852. The maximum Gasteiger partial charge on any atom is 0.344 e. The van der Waals surface area contributed by atoms with Gasteiger partial charge in [-0.05, 0) is 24.5 Å². The summed E-state index contributed by atoms with van der Waals surface area (Å²) in [6, 6.07) is 17.5. The van der Waals surface area contributed by atoms with Gasteiger partial charge >= 0.3 is 5.97 Å². The summed E-state index contributed by atoms with van der Waals surface area (Å²) in [7, 11) is 0. The van der Waals surface area contributed by atoms with Gasteiger partial charge in [0.1, 0.15) is 11.1 Å². The zero-order valence-electron chi connectivity index (χ0n) is 15.4. The van der Waals surface area contributed by atoms with Crippen LogP contribution >= 0.6 is 0 Å². The summed E-state index contributed by atoms with van der Waals surface area (Å²) in [5.41, 5.74) is 2.38. The van der Waals surface area contributed by atoms with E-state index in [1.54, 1.807) is 6.20 Å². The molecule has 0 atom stereocenters. The van der Waals surface area contributed by atoms with Gasteiger partial charge in [0.2, 0.25) is 5.95 Å². The third kappa shape index (κ3) is 3.48. The van der Waals surface area contributed by atoms with Crippen LogP contribution in [0.2, 0.25) is 0 Å². The first-order chi connectivity index (χ1) is 14.2. The lowest BCUT2D eigenvalue weighted by molar-refractivity contribution is 0.0697. The van der Waals surface area contributed by atoms with Crippen LogP contribution < -0.4 is 10.6 Å². The fourth-order valence-electron chi connectivity index (χ4n) is 3.15. The van der Waals surface area contributed by atoms with Gasteiger partial charge in [0.15, 0.2) is 5.82 Å². The summed E-state index contributed by atoms with van der Waals surface area (Å²) < 4.78 is 0. The fourth-order valence-corrected chi connectivity index (χ4v) is 3.15. The molecule has 0 unspecified atom stereocenters. The first kappa shape index (κ1) is 17.2. The second-order valence-corrected chi connectivity index (χ2v) is 7.05. The van der Waals surface area contributed by atoms with E-state index < -0.39 is 5.97 Å². The number of aromatic nitrogens is 3. The molecule has 29 heavy (non-hydrogen) atoms. The van der Waals surface area contributed by atoms with Gasteiger partial charge in [-0.2, -0.15) is 0 Å². The molecule has 2 heterocycles. The predicted octanol–water partition coefficient (Wildman–Crippen LogP) is 3.66. The Kier molecular flexibility index (Phi) is 4.10. The smallest absolute Gasteiger partial charge is 0.344 e. The van der Waals surface area contributed by atoms with Gasteiger partial charge in [0.05, 0.1) is 10.9 Å². The molecule has 0 radical (unpaired) electrons. The van der Waals surface area contributed by atoms with Crippen molar-refractivity contribution in [3.63, 3.8) is 0 Å². The van der Waals surface area contributed by atoms with E-state index in [2.05, 4.69) is 37.7 Å². The molecule has 3 N–H and O–H groups in total. The fraction of sp³-hybridized carbons (Fsp3) is 0.182. The molecule has 1 saturated carbocycles. The third-order valence-electron chi connectivity index (χ3n) is 4.82. The van der Waals surface area contributed by atoms with Crippen LogP contribution in [0.5, 0.6) is 0 Å². The highest BCUT2D eigenvalue weighted by atomic mass is 16.4. The minimum atomic E-state index is -1.06. The van der Waals surface area contributed by atoms with Crippen molar-refractivity contribution < 1.29 is 9.90 Å². The first-order valence-electron chi connectivity index (χ1n) is 9.39. The van der Waals surface area contributed by atoms with Crippen LogP contribution in [-0.4, -0.2) is 32.1 Å². The zero-order chi connectivity index (χ0) is 19.8. The number of aromatic carboxylic acids is 1. The standard InChI is InChI=1S/C22H17N5O2/c28-21(29)14-6-9-16-17-12-24-22(23-11-13-4-2-1-3-5-13)27-19(17)20(25-15-7-8-15)26-18(16)10-14/h1-5,10,12,15H,7-8,11H2,(H,25,26)(H,28,29)(H,23,24,27). The maximum absolute atomic E-state index is 11.3. The Bertz CT molecular complexity index is 1220. The molecule has 2 aromatic carbocycles. The zero-order valence-corrected chi connectivity index (χ0v) is 15.4. The van der Waals surface area contributed by atoms with Gasteiger partial charge in [-0.1, -0.05) is 42.5 Å². The molecule has 1 aliphatic carbocycles. The van der Waals surface area contributed by atoms with Crippen molar-refractivity contribution in [1.82, 2.24) is 15.0 Å². The van der Waals surface area contributed by atoms with Crippen molar-refractivity contribution in [3.05, 3.63) is 65.9 Å². The van der Waals surface area contributed by atoms with Crippen molar-refractivity contribution in [2.75, 3.05) is 10.6 Å². The summed E-state index contributed by atoms with van der Waals surface area (Å²) in [6.45, 7) is 0.612. The number of fused-ring (bicyclic) bond motifs is 3. The predicted molar refractivity (Wildman–Crippen MR) is 110 cm³/mol. The van der Waals surface area contributed by atoms with E-state index in [9.17, 15) is 9.90 Å². The van der Waals surface area contributed by atoms with Gasteiger partial charge in [-0.15, -0.1) is 0 Å². The molecule has 0 spiro atoms. The number of hydrogen-bond acceptors (Lipinski definition) is 6. The van der Waals surface area contributed by atoms with E-state index in [-0.39, 0.29) is 5.56 Å². The second kappa shape index (κ2) is 6.91. The van der Waals surface area contributed by atoms with Crippen LogP contribution in [0.15, 0.2) is 42.6 Å². The lowest BCUT2D eigenvalue weighted by Crippen LogP contribution is -2.08. The van der Waals surface area contributed by atoms with Gasteiger partial charge in [0.25, 0.3) is 0 Å². The van der Waals surface area contributed by atoms with Crippen LogP contribution in [0.3, 0.4) is 0 Å². The Morgan fingerprint density at radius 3 is 2.76 bits per heavy atom. The molecule has 5 rings (SSSR count). The highest BCUT2D eigenvalue weighted by Crippen LogP contribution is 2.31. The molecule has 4 aromatic rings. The summed E-state index contributed by atoms with van der Waals surface area (Å²) in [4.78, 5) is 25.0. The molecule has 1 fully saturated rings. The Morgan fingerprint density at radius 2 is 2.00 bits per heavy atom. The number of rotatable bonds is 6. The van der Waals surface area contributed by atoms with Crippen molar-refractivity contribution in [1.29, 1.82) is 0 Å². The highest BCUT2D eigenvalue weighted by Gasteiger charge is 2.23. The number of carbonyl (C=O) groups is 1. The summed E-state index contributed by atoms with van der Waals surface area (Å²) in [5, 5.41) is 17.3. The van der Waals surface area contributed by atoms with Crippen LogP contribution in [0, 0.1) is 12.1 Å². The lowest BCUT2D eigenvalue weighted by atomic mass is 10.1. The van der Waals surface area contributed by atoms with E-state index in [0.29, 0.717) is 40.8 Å². The molecule has 1 aliphatic rings. The average molecular weight is 383 g/mol. The molecular weight excluding hydrogens is 366 g/mol. The molecule has 2 aromatic heterocycles. The first-order valence-corrected chi connectivity index (χ1v) is 9.39. The molecule has 7 heteroatoms. The Balaban J connectivity index is 1.58. The molecule has 0 saturated heterocycles. The van der Waals surface area contributed by atoms with Crippen molar-refractivity contribution in [2.45, 2.75) is 25.4 Å². The van der Waals surface area contributed by atoms with Crippen LogP contribution in [0.25, 0.3) is 21.8 Å². The topological polar surface area (TPSA) is 100 Å². The monoisotopic (exact) mass is 383 g/mol. The summed E-state index contributed by atoms with van der Waals surface area (Å²) >= 11 is 0. The van der Waals surface area contributed by atoms with Crippen molar-refractivity contribution in [2.24, 2.45) is 0 Å². The number of anilines is 2. The van der Waals surface area contributed by atoms with Crippen LogP contribution in [0.4, 0.5) is 11.8 Å². The van der Waals surface area contributed by atoms with Gasteiger partial charge in [0, 0.05) is 24.2 Å². The SMILES string of the molecule is O=C(O)c1c#cc2c(c1)nc(NC1CC1)c1nc(NCc3ccccc3)ncc12. The molecular formula is C22H17N5O2. The Morgan fingerprint density at radius 1 is 1.17 bits per heavy atom. The number of pyridine rings is 1. The van der Waals surface area contributed by atoms with Crippen molar-refractivity contribution >= 4 is 39.5 Å². The second-order valence-electron chi connectivity index (χ2n) is 7.05. The Labute approximate surface area is 166 Å². The molecule has 0 aliphatic heterocycles. The largest absolute Gasteiger partial charge is 0.477 e. The molecule has 0 amide bonds. The molecule has 142 valence electrons. The number of benzene rings is 1. The van der Waals surface area contributed by atoms with E-state index in [1.807, 2.05) is 30.3 Å². The van der Waals surface area contributed by atoms with Crippen LogP contribution in [0.1, 0.15) is 28.8 Å². The van der Waals surface area contributed by atoms with E-state index >= 15 is 0 Å². The highest BCUT2D eigenvalue weighted by molar-refractivity contribution is 6.08. The average Bonchev–Trinajstić information content (AvgIpc) is 3.56. The number of hydrogen-bond donors (Lipinski definition) is 3. The van der Waals surface area contributed by atoms with Crippen LogP contribution in [-0.2, 0) is 6.54 Å². The van der Waals surface area contributed by atoms with Gasteiger partial charge in [-0.3, -0.25) is 0 Å².